The van der Waals surface area contributed by atoms with Crippen molar-refractivity contribution in [2.75, 3.05) is 0 Å². The van der Waals surface area contributed by atoms with Crippen LogP contribution >= 0.6 is 0 Å². The fraction of sp³-hybridized carbons (Fsp3) is 0. The van der Waals surface area contributed by atoms with Crippen molar-refractivity contribution in [1.82, 2.24) is 5.43 Å². The molecule has 5 N–H and O–H groups in total. The van der Waals surface area contributed by atoms with E-state index in [0.717, 1.165) is 0 Å². The zero-order chi connectivity index (χ0) is 4.28. The molecule has 0 aliphatic rings. The molecule has 0 fully saturated rings. The van der Waals surface area contributed by atoms with E-state index in [9.17, 15) is 0 Å². The van der Waals surface area contributed by atoms with Crippen molar-refractivity contribution in [3.05, 3.63) is 0 Å². The molecule has 5 heavy (non-hydrogen) atoms. The van der Waals surface area contributed by atoms with Crippen LogP contribution in [0.4, 0.5) is 0 Å². The van der Waals surface area contributed by atoms with Crippen LogP contribution in [0.25, 0.3) is 0 Å². The summed E-state index contributed by atoms with van der Waals surface area (Å²) >= 11 is 2.06. The van der Waals surface area contributed by atoms with Crippen LogP contribution in [0.3, 0.4) is 0 Å². The van der Waals surface area contributed by atoms with Gasteiger partial charge in [-0.15, -0.1) is 0 Å². The molecular formula is CH6N3Se. The number of rotatable bonds is 1. The first-order valence-electron chi connectivity index (χ1n) is 1.05. The molecule has 4 heteroatoms. The first-order valence-corrected chi connectivity index (χ1v) is 1.99. The number of hydrogen-bond acceptors (Lipinski definition) is 3. The van der Waals surface area contributed by atoms with Crippen molar-refractivity contribution in [2.45, 2.75) is 0 Å². The molecule has 1 radical (unpaired) electrons. The second kappa shape index (κ2) is 2.50. The van der Waals surface area contributed by atoms with Gasteiger partial charge in [0.1, 0.15) is 0 Å². The predicted octanol–water partition coefficient (Wildman–Crippen LogP) is -2.60. The maximum absolute atomic E-state index is 4.94. The van der Waals surface area contributed by atoms with E-state index in [2.05, 4.69) is 21.0 Å². The maximum atomic E-state index is 4.94. The molecule has 0 atom stereocenters. The Kier molecular flexibility index (Phi) is 2.64. The van der Waals surface area contributed by atoms with Crippen molar-refractivity contribution in [1.29, 1.82) is 0 Å². The van der Waals surface area contributed by atoms with E-state index in [-0.39, 0.29) is 0 Å². The fourth-order valence-electron chi connectivity index (χ4n) is 0. The average Bonchev–Trinajstić information content (AvgIpc) is 1.38. The van der Waals surface area contributed by atoms with Crippen molar-refractivity contribution >= 4 is 20.2 Å². The van der Waals surface area contributed by atoms with Crippen LogP contribution in [-0.2, 0) is 0 Å². The molecule has 0 aromatic carbocycles. The number of hydrazine groups is 1. The van der Waals surface area contributed by atoms with Gasteiger partial charge in [-0.05, 0) is 0 Å². The van der Waals surface area contributed by atoms with E-state index in [0.29, 0.717) is 4.67 Å². The summed E-state index contributed by atoms with van der Waals surface area (Å²) in [5.74, 6) is 4.74. The number of nitrogens with one attached hydrogen (secondary N) is 1. The summed E-state index contributed by atoms with van der Waals surface area (Å²) in [6, 6.07) is 0. The van der Waals surface area contributed by atoms with Gasteiger partial charge in [0, 0.05) is 0 Å². The van der Waals surface area contributed by atoms with Gasteiger partial charge in [-0.25, -0.2) is 0 Å². The van der Waals surface area contributed by atoms with Gasteiger partial charge < -0.3 is 0 Å². The molecule has 0 aromatic rings. The Morgan fingerprint density at radius 1 is 1.80 bits per heavy atom. The third kappa shape index (κ3) is 4.27. The molecule has 0 unspecified atom stereocenters. The topological polar surface area (TPSA) is 64.1 Å². The van der Waals surface area contributed by atoms with Crippen LogP contribution in [0.5, 0.6) is 0 Å². The molecule has 0 aliphatic heterocycles. The molecule has 0 amide bonds. The van der Waals surface area contributed by atoms with Crippen LogP contribution in [0, 0.1) is 0 Å². The molecule has 0 saturated carbocycles. The molecule has 0 heterocycles. The third-order valence-electron chi connectivity index (χ3n) is 0.148. The quantitative estimate of drug-likeness (QED) is 0.212. The van der Waals surface area contributed by atoms with E-state index in [1.54, 1.807) is 0 Å². The SMILES string of the molecule is NNC(N)=[SeH]. The van der Waals surface area contributed by atoms with Gasteiger partial charge >= 0.3 is 37.2 Å². The summed E-state index contributed by atoms with van der Waals surface area (Å²) in [6.45, 7) is 0. The van der Waals surface area contributed by atoms with Gasteiger partial charge in [0.15, 0.2) is 0 Å². The zero-order valence-corrected chi connectivity index (χ0v) is 4.48. The Balaban J connectivity index is 2.85. The van der Waals surface area contributed by atoms with Crippen molar-refractivity contribution in [3.8, 4) is 0 Å². The summed E-state index contributed by atoms with van der Waals surface area (Å²) in [7, 11) is 0. The van der Waals surface area contributed by atoms with Crippen molar-refractivity contribution in [3.63, 3.8) is 0 Å². The summed E-state index contributed by atoms with van der Waals surface area (Å²) in [4.78, 5) is 0. The van der Waals surface area contributed by atoms with Gasteiger partial charge in [-0.2, -0.15) is 0 Å². The molecule has 0 bridgehead atoms. The molecule has 0 rings (SSSR count). The number of hydrogen-bond donors (Lipinski definition) is 3. The molecular weight excluding hydrogens is 133 g/mol. The minimum absolute atomic E-state index is 0.470. The molecule has 0 aromatic heterocycles. The van der Waals surface area contributed by atoms with E-state index < -0.39 is 0 Å². The van der Waals surface area contributed by atoms with Crippen LogP contribution in [0.1, 0.15) is 0 Å². The average molecular weight is 139 g/mol. The zero-order valence-electron chi connectivity index (χ0n) is 2.60. The molecule has 0 aliphatic carbocycles. The first kappa shape index (κ1) is 5.27. The second-order valence-corrected chi connectivity index (χ2v) is 1.54. The Hall–Kier alpha value is 0.269. The Morgan fingerprint density at radius 3 is 2.00 bits per heavy atom. The van der Waals surface area contributed by atoms with Gasteiger partial charge in [-0.1, -0.05) is 0 Å². The molecule has 3 nitrogen and oxygen atoms in total. The molecule has 0 saturated heterocycles. The summed E-state index contributed by atoms with van der Waals surface area (Å²) in [6.07, 6.45) is 0. The standard InChI is InChI=1S/CH6N3Se/c2-1(5)4-3/h4-5H,2-3H2. The molecule has 0 spiro atoms. The molecule has 31 valence electrons. The van der Waals surface area contributed by atoms with E-state index >= 15 is 0 Å². The first-order chi connectivity index (χ1) is 2.27. The van der Waals surface area contributed by atoms with Gasteiger partial charge in [0.05, 0.1) is 0 Å². The van der Waals surface area contributed by atoms with Gasteiger partial charge in [-0.3, -0.25) is 0 Å². The van der Waals surface area contributed by atoms with Crippen molar-refractivity contribution < 1.29 is 0 Å². The van der Waals surface area contributed by atoms with Crippen LogP contribution < -0.4 is 17.0 Å². The summed E-state index contributed by atoms with van der Waals surface area (Å²) in [5, 5.41) is 0. The van der Waals surface area contributed by atoms with Crippen LogP contribution in [-0.4, -0.2) is 20.2 Å². The monoisotopic (exact) mass is 140 g/mol. The normalized spacial score (nSPS) is 7.60. The minimum atomic E-state index is 0.470. The Labute approximate surface area is 38.0 Å². The predicted molar refractivity (Wildman–Crippen MR) is 23.7 cm³/mol. The Morgan fingerprint density at radius 2 is 2.00 bits per heavy atom. The van der Waals surface area contributed by atoms with E-state index in [4.69, 9.17) is 11.6 Å². The van der Waals surface area contributed by atoms with Gasteiger partial charge in [0.2, 0.25) is 0 Å². The summed E-state index contributed by atoms with van der Waals surface area (Å²) in [5.41, 5.74) is 7.14. The van der Waals surface area contributed by atoms with Crippen LogP contribution in [0.15, 0.2) is 0 Å². The Bertz CT molecular complexity index is 42.2. The van der Waals surface area contributed by atoms with Gasteiger partial charge in [0.25, 0.3) is 0 Å². The van der Waals surface area contributed by atoms with Crippen LogP contribution in [0.2, 0.25) is 0 Å². The second-order valence-electron chi connectivity index (χ2n) is 0.530. The van der Waals surface area contributed by atoms with Crippen molar-refractivity contribution in [2.24, 2.45) is 11.6 Å². The van der Waals surface area contributed by atoms with E-state index in [1.165, 1.54) is 0 Å². The van der Waals surface area contributed by atoms with E-state index in [1.807, 2.05) is 0 Å². The number of nitrogens with two attached hydrogens (primary N) is 2. The fourth-order valence-corrected chi connectivity index (χ4v) is 0. The summed E-state index contributed by atoms with van der Waals surface area (Å²) < 4.78 is 0.470. The third-order valence-corrected chi connectivity index (χ3v) is 0.419.